The molecule has 0 unspecified atom stereocenters. The molecule has 1 aromatic rings. The maximum atomic E-state index is 11.3. The molecule has 4 heteroatoms. The maximum Gasteiger partial charge on any atom is 0.342 e. The molecule has 0 saturated heterocycles. The molecule has 0 radical (unpaired) electrons. The number of hydrogen-bond acceptors (Lipinski definition) is 4. The highest BCUT2D eigenvalue weighted by atomic mass is 16.5. The monoisotopic (exact) mass is 182 g/mol. The molecule has 0 aliphatic rings. The lowest BCUT2D eigenvalue weighted by molar-refractivity contribution is 0.0522. The van der Waals surface area contributed by atoms with Gasteiger partial charge in [0.05, 0.1) is 12.9 Å². The summed E-state index contributed by atoms with van der Waals surface area (Å²) in [4.78, 5) is 21.7. The fourth-order valence-electron chi connectivity index (χ4n) is 1.02. The Morgan fingerprint density at radius 2 is 2.38 bits per heavy atom. The molecule has 0 aromatic carbocycles. The quantitative estimate of drug-likeness (QED) is 0.526. The van der Waals surface area contributed by atoms with Crippen molar-refractivity contribution in [2.75, 3.05) is 6.61 Å². The number of hydrogen-bond donors (Lipinski definition) is 0. The first-order valence-electron chi connectivity index (χ1n) is 3.91. The largest absolute Gasteiger partial charge is 0.462 e. The van der Waals surface area contributed by atoms with Crippen molar-refractivity contribution < 1.29 is 18.7 Å². The van der Waals surface area contributed by atoms with E-state index in [1.165, 1.54) is 6.26 Å². The zero-order valence-electron chi connectivity index (χ0n) is 7.49. The Kier molecular flexibility index (Phi) is 2.84. The Hall–Kier alpha value is -1.58. The molecule has 70 valence electrons. The zero-order chi connectivity index (χ0) is 9.84. The first-order valence-corrected chi connectivity index (χ1v) is 3.91. The van der Waals surface area contributed by atoms with E-state index in [2.05, 4.69) is 0 Å². The summed E-state index contributed by atoms with van der Waals surface area (Å²) in [6.07, 6.45) is 1.86. The van der Waals surface area contributed by atoms with Crippen molar-refractivity contribution in [3.8, 4) is 0 Å². The Morgan fingerprint density at radius 1 is 1.69 bits per heavy atom. The summed E-state index contributed by atoms with van der Waals surface area (Å²) in [6, 6.07) is 0. The van der Waals surface area contributed by atoms with Gasteiger partial charge in [-0.05, 0) is 13.8 Å². The van der Waals surface area contributed by atoms with Crippen LogP contribution in [-0.4, -0.2) is 18.9 Å². The number of ether oxygens (including phenoxy) is 1. The van der Waals surface area contributed by atoms with Crippen LogP contribution in [-0.2, 0) is 4.74 Å². The second-order valence-corrected chi connectivity index (χ2v) is 2.50. The van der Waals surface area contributed by atoms with Crippen LogP contribution in [0.15, 0.2) is 10.7 Å². The maximum absolute atomic E-state index is 11.3. The lowest BCUT2D eigenvalue weighted by atomic mass is 10.2. The van der Waals surface area contributed by atoms with E-state index in [9.17, 15) is 9.59 Å². The molecule has 0 aliphatic carbocycles. The van der Waals surface area contributed by atoms with Crippen molar-refractivity contribution in [1.29, 1.82) is 0 Å². The van der Waals surface area contributed by atoms with Crippen molar-refractivity contribution >= 4 is 12.3 Å². The van der Waals surface area contributed by atoms with Crippen LogP contribution < -0.4 is 0 Å². The molecule has 0 fully saturated rings. The van der Waals surface area contributed by atoms with Crippen LogP contribution in [0.2, 0.25) is 0 Å². The van der Waals surface area contributed by atoms with E-state index in [0.717, 1.165) is 0 Å². The summed E-state index contributed by atoms with van der Waals surface area (Å²) < 4.78 is 9.59. The van der Waals surface area contributed by atoms with Crippen molar-refractivity contribution in [1.82, 2.24) is 0 Å². The molecule has 0 spiro atoms. The Bertz CT molecular complexity index is 324. The Morgan fingerprint density at radius 3 is 2.92 bits per heavy atom. The molecule has 0 aliphatic heterocycles. The van der Waals surface area contributed by atoms with Gasteiger partial charge in [0.2, 0.25) is 0 Å². The minimum atomic E-state index is -0.518. The molecule has 0 atom stereocenters. The van der Waals surface area contributed by atoms with Gasteiger partial charge in [-0.15, -0.1) is 0 Å². The molecule has 1 heterocycles. The lowest BCUT2D eigenvalue weighted by Gasteiger charge is -1.99. The summed E-state index contributed by atoms with van der Waals surface area (Å²) in [5.74, 6) is -0.494. The number of carbonyl (C=O) groups is 2. The van der Waals surface area contributed by atoms with Gasteiger partial charge in [-0.2, -0.15) is 0 Å². The highest BCUT2D eigenvalue weighted by molar-refractivity contribution is 5.98. The number of furan rings is 1. The standard InChI is InChI=1S/C9H10O4/c1-3-12-9(11)8-6(2)5-13-7(8)4-10/h4-5H,3H2,1-2H3. The zero-order valence-corrected chi connectivity index (χ0v) is 7.49. The molecule has 1 aromatic heterocycles. The van der Waals surface area contributed by atoms with E-state index >= 15 is 0 Å². The highest BCUT2D eigenvalue weighted by Gasteiger charge is 2.18. The summed E-state index contributed by atoms with van der Waals surface area (Å²) >= 11 is 0. The number of aldehydes is 1. The SMILES string of the molecule is CCOC(=O)c1c(C)coc1C=O. The van der Waals surface area contributed by atoms with Gasteiger partial charge in [0.25, 0.3) is 0 Å². The second kappa shape index (κ2) is 3.89. The van der Waals surface area contributed by atoms with E-state index in [1.807, 2.05) is 0 Å². The molecular formula is C9H10O4. The number of carbonyl (C=O) groups excluding carboxylic acids is 2. The van der Waals surface area contributed by atoms with E-state index in [0.29, 0.717) is 11.8 Å². The topological polar surface area (TPSA) is 56.5 Å². The average Bonchev–Trinajstić information content (AvgIpc) is 2.47. The molecular weight excluding hydrogens is 172 g/mol. The van der Waals surface area contributed by atoms with E-state index in [1.54, 1.807) is 13.8 Å². The fraction of sp³-hybridized carbons (Fsp3) is 0.333. The summed E-state index contributed by atoms with van der Waals surface area (Å²) in [5, 5.41) is 0. The normalized spacial score (nSPS) is 9.69. The van der Waals surface area contributed by atoms with Gasteiger partial charge in [0, 0.05) is 5.56 Å². The third-order valence-corrected chi connectivity index (χ3v) is 1.59. The minimum Gasteiger partial charge on any atom is -0.462 e. The van der Waals surface area contributed by atoms with Crippen molar-refractivity contribution in [3.63, 3.8) is 0 Å². The molecule has 0 N–H and O–H groups in total. The Labute approximate surface area is 75.5 Å². The van der Waals surface area contributed by atoms with Gasteiger partial charge in [-0.3, -0.25) is 4.79 Å². The van der Waals surface area contributed by atoms with Gasteiger partial charge >= 0.3 is 5.97 Å². The van der Waals surface area contributed by atoms with Crippen LogP contribution in [0.3, 0.4) is 0 Å². The fourth-order valence-corrected chi connectivity index (χ4v) is 1.02. The number of rotatable bonds is 3. The Balaban J connectivity index is 3.03. The average molecular weight is 182 g/mol. The predicted molar refractivity (Wildman–Crippen MR) is 44.8 cm³/mol. The lowest BCUT2D eigenvalue weighted by Crippen LogP contribution is -2.07. The van der Waals surface area contributed by atoms with Gasteiger partial charge in [0.1, 0.15) is 5.56 Å². The first-order chi connectivity index (χ1) is 6.20. The van der Waals surface area contributed by atoms with E-state index < -0.39 is 5.97 Å². The smallest absolute Gasteiger partial charge is 0.342 e. The van der Waals surface area contributed by atoms with Crippen molar-refractivity contribution in [2.45, 2.75) is 13.8 Å². The van der Waals surface area contributed by atoms with Crippen molar-refractivity contribution in [3.05, 3.63) is 23.2 Å². The van der Waals surface area contributed by atoms with Gasteiger partial charge < -0.3 is 9.15 Å². The van der Waals surface area contributed by atoms with Crippen LogP contribution in [0.5, 0.6) is 0 Å². The molecule has 0 saturated carbocycles. The second-order valence-electron chi connectivity index (χ2n) is 2.50. The first kappa shape index (κ1) is 9.51. The summed E-state index contributed by atoms with van der Waals surface area (Å²) in [7, 11) is 0. The van der Waals surface area contributed by atoms with Crippen LogP contribution in [0.25, 0.3) is 0 Å². The van der Waals surface area contributed by atoms with E-state index in [4.69, 9.17) is 9.15 Å². The highest BCUT2D eigenvalue weighted by Crippen LogP contribution is 2.15. The van der Waals surface area contributed by atoms with Crippen molar-refractivity contribution in [2.24, 2.45) is 0 Å². The number of aryl methyl sites for hydroxylation is 1. The van der Waals surface area contributed by atoms with Crippen LogP contribution in [0.4, 0.5) is 0 Å². The van der Waals surface area contributed by atoms with Gasteiger partial charge in [-0.25, -0.2) is 4.79 Å². The third kappa shape index (κ3) is 1.77. The van der Waals surface area contributed by atoms with Gasteiger partial charge in [0.15, 0.2) is 12.0 Å². The molecule has 0 bridgehead atoms. The molecule has 0 amide bonds. The van der Waals surface area contributed by atoms with Crippen LogP contribution >= 0.6 is 0 Å². The molecule has 4 nitrogen and oxygen atoms in total. The predicted octanol–water partition coefficient (Wildman–Crippen LogP) is 1.58. The summed E-state index contributed by atoms with van der Waals surface area (Å²) in [5.41, 5.74) is 0.831. The van der Waals surface area contributed by atoms with Gasteiger partial charge in [-0.1, -0.05) is 0 Å². The molecule has 1 rings (SSSR count). The number of esters is 1. The van der Waals surface area contributed by atoms with Crippen LogP contribution in [0, 0.1) is 6.92 Å². The van der Waals surface area contributed by atoms with E-state index in [-0.39, 0.29) is 17.9 Å². The molecule has 13 heavy (non-hydrogen) atoms. The third-order valence-electron chi connectivity index (χ3n) is 1.59. The van der Waals surface area contributed by atoms with Crippen LogP contribution in [0.1, 0.15) is 33.4 Å². The summed E-state index contributed by atoms with van der Waals surface area (Å²) in [6.45, 7) is 3.67. The minimum absolute atomic E-state index is 0.0240.